The van der Waals surface area contributed by atoms with Gasteiger partial charge in [-0.15, -0.1) is 0 Å². The van der Waals surface area contributed by atoms with E-state index in [0.29, 0.717) is 5.82 Å². The number of nitrogens with two attached hydrogens (primary N) is 1. The Morgan fingerprint density at radius 1 is 1.32 bits per heavy atom. The summed E-state index contributed by atoms with van der Waals surface area (Å²) < 4.78 is 0. The van der Waals surface area contributed by atoms with Crippen LogP contribution in [0.3, 0.4) is 0 Å². The third-order valence-electron chi connectivity index (χ3n) is 4.07. The third kappa shape index (κ3) is 2.96. The van der Waals surface area contributed by atoms with Gasteiger partial charge in [0.15, 0.2) is 0 Å². The van der Waals surface area contributed by atoms with E-state index in [2.05, 4.69) is 39.7 Å². The van der Waals surface area contributed by atoms with Crippen LogP contribution in [0.1, 0.15) is 32.0 Å². The van der Waals surface area contributed by atoms with Crippen molar-refractivity contribution in [3.8, 4) is 0 Å². The summed E-state index contributed by atoms with van der Waals surface area (Å²) in [5.74, 6) is 7.73. The summed E-state index contributed by atoms with van der Waals surface area (Å²) in [6, 6.07) is 1.85. The van der Waals surface area contributed by atoms with Crippen LogP contribution in [0.2, 0.25) is 0 Å². The summed E-state index contributed by atoms with van der Waals surface area (Å²) in [5, 5.41) is 3.43. The maximum atomic E-state index is 5.43. The number of rotatable bonds is 6. The number of nitrogen functional groups attached to an aromatic ring is 1. The molecule has 106 valence electrons. The lowest BCUT2D eigenvalue weighted by Crippen LogP contribution is -2.54. The van der Waals surface area contributed by atoms with Crippen LogP contribution in [0.5, 0.6) is 0 Å². The average Bonchev–Trinajstić information content (AvgIpc) is 2.36. The fraction of sp³-hybridized carbons (Fsp3) is 0.692. The Balaban J connectivity index is 2.06. The Bertz CT molecular complexity index is 405. The van der Waals surface area contributed by atoms with Gasteiger partial charge in [-0.25, -0.2) is 15.8 Å². The number of hydrazine groups is 1. The smallest absolute Gasteiger partial charge is 0.145 e. The highest BCUT2D eigenvalue weighted by atomic mass is 15.3. The van der Waals surface area contributed by atoms with Gasteiger partial charge >= 0.3 is 0 Å². The molecule has 0 saturated heterocycles. The summed E-state index contributed by atoms with van der Waals surface area (Å²) in [6.45, 7) is 2.94. The van der Waals surface area contributed by atoms with Gasteiger partial charge in [-0.2, -0.15) is 0 Å². The number of anilines is 2. The average molecular weight is 264 g/mol. The molecule has 6 nitrogen and oxygen atoms in total. The molecule has 1 aliphatic rings. The van der Waals surface area contributed by atoms with Crippen molar-refractivity contribution in [3.63, 3.8) is 0 Å². The first-order valence-corrected chi connectivity index (χ1v) is 6.85. The van der Waals surface area contributed by atoms with Crippen LogP contribution < -0.4 is 16.6 Å². The molecule has 1 aromatic heterocycles. The molecule has 0 atom stereocenters. The van der Waals surface area contributed by atoms with Crippen LogP contribution in [0, 0.1) is 0 Å². The summed E-state index contributed by atoms with van der Waals surface area (Å²) in [7, 11) is 4.29. The van der Waals surface area contributed by atoms with E-state index in [1.165, 1.54) is 19.3 Å². The molecule has 0 amide bonds. The van der Waals surface area contributed by atoms with Gasteiger partial charge in [0.05, 0.1) is 0 Å². The number of aromatic nitrogens is 2. The Morgan fingerprint density at radius 2 is 2.00 bits per heavy atom. The monoisotopic (exact) mass is 264 g/mol. The second-order valence-corrected chi connectivity index (χ2v) is 5.38. The number of likely N-dealkylation sites (N-methyl/N-ethyl adjacent to an activating group) is 1. The number of hydrogen-bond donors (Lipinski definition) is 3. The topological polar surface area (TPSA) is 79.1 Å². The molecule has 1 heterocycles. The normalized spacial score (nSPS) is 17.1. The van der Waals surface area contributed by atoms with E-state index in [4.69, 9.17) is 5.84 Å². The quantitative estimate of drug-likeness (QED) is 0.529. The van der Waals surface area contributed by atoms with Crippen molar-refractivity contribution < 1.29 is 0 Å². The largest absolute Gasteiger partial charge is 0.368 e. The molecule has 0 unspecified atom stereocenters. The van der Waals surface area contributed by atoms with Crippen molar-refractivity contribution in [2.75, 3.05) is 31.4 Å². The van der Waals surface area contributed by atoms with E-state index in [9.17, 15) is 0 Å². The van der Waals surface area contributed by atoms with Gasteiger partial charge in [0.1, 0.15) is 17.5 Å². The lowest BCUT2D eigenvalue weighted by Gasteiger charge is -2.47. The predicted molar refractivity (Wildman–Crippen MR) is 78.0 cm³/mol. The van der Waals surface area contributed by atoms with E-state index in [1.807, 2.05) is 13.0 Å². The Kier molecular flexibility index (Phi) is 4.21. The molecule has 0 radical (unpaired) electrons. The minimum absolute atomic E-state index is 0.271. The van der Waals surface area contributed by atoms with Gasteiger partial charge in [0.2, 0.25) is 0 Å². The van der Waals surface area contributed by atoms with Crippen molar-refractivity contribution in [2.24, 2.45) is 5.84 Å². The molecule has 6 heteroatoms. The van der Waals surface area contributed by atoms with Gasteiger partial charge < -0.3 is 15.6 Å². The van der Waals surface area contributed by atoms with Gasteiger partial charge in [-0.1, -0.05) is 6.92 Å². The zero-order chi connectivity index (χ0) is 13.9. The lowest BCUT2D eigenvalue weighted by molar-refractivity contribution is 0.0738. The molecular formula is C13H24N6. The van der Waals surface area contributed by atoms with Crippen molar-refractivity contribution in [3.05, 3.63) is 11.9 Å². The first-order chi connectivity index (χ1) is 9.09. The molecule has 2 rings (SSSR count). The molecule has 4 N–H and O–H groups in total. The summed E-state index contributed by atoms with van der Waals surface area (Å²) in [5.41, 5.74) is 2.86. The fourth-order valence-electron chi connectivity index (χ4n) is 2.44. The summed E-state index contributed by atoms with van der Waals surface area (Å²) in [4.78, 5) is 11.1. The first-order valence-electron chi connectivity index (χ1n) is 6.85. The molecule has 0 spiro atoms. The first kappa shape index (κ1) is 14.0. The van der Waals surface area contributed by atoms with E-state index < -0.39 is 0 Å². The Morgan fingerprint density at radius 3 is 2.47 bits per heavy atom. The predicted octanol–water partition coefficient (Wildman–Crippen LogP) is 1.22. The summed E-state index contributed by atoms with van der Waals surface area (Å²) >= 11 is 0. The second-order valence-electron chi connectivity index (χ2n) is 5.38. The van der Waals surface area contributed by atoms with Crippen LogP contribution >= 0.6 is 0 Å². The van der Waals surface area contributed by atoms with Crippen molar-refractivity contribution in [1.82, 2.24) is 14.9 Å². The molecule has 0 aromatic carbocycles. The van der Waals surface area contributed by atoms with Gasteiger partial charge in [-0.05, 0) is 33.4 Å². The molecule has 19 heavy (non-hydrogen) atoms. The highest BCUT2D eigenvalue weighted by molar-refractivity contribution is 5.47. The van der Waals surface area contributed by atoms with Crippen molar-refractivity contribution in [2.45, 2.75) is 38.1 Å². The van der Waals surface area contributed by atoms with E-state index in [-0.39, 0.29) is 5.54 Å². The highest BCUT2D eigenvalue weighted by Gasteiger charge is 2.38. The second kappa shape index (κ2) is 5.71. The molecule has 1 aliphatic carbocycles. The number of nitrogens with one attached hydrogen (secondary N) is 2. The molecule has 1 saturated carbocycles. The van der Waals surface area contributed by atoms with Gasteiger partial charge in [0.25, 0.3) is 0 Å². The SMILES string of the molecule is CCc1nc(NN)cc(NCC2(N(C)C)CCC2)n1. The minimum atomic E-state index is 0.271. The fourth-order valence-corrected chi connectivity index (χ4v) is 2.44. The zero-order valence-corrected chi connectivity index (χ0v) is 12.0. The standard InChI is InChI=1S/C13H24N6/c1-4-10-16-11(8-12(17-10)18-14)15-9-13(19(2)3)6-5-7-13/h8H,4-7,9,14H2,1-3H3,(H2,15,16,17,18). The molecule has 1 fully saturated rings. The summed E-state index contributed by atoms with van der Waals surface area (Å²) in [6.07, 6.45) is 4.57. The van der Waals surface area contributed by atoms with Crippen LogP contribution in [0.4, 0.5) is 11.6 Å². The van der Waals surface area contributed by atoms with Gasteiger partial charge in [0, 0.05) is 24.6 Å². The maximum absolute atomic E-state index is 5.43. The maximum Gasteiger partial charge on any atom is 0.145 e. The van der Waals surface area contributed by atoms with E-state index in [0.717, 1.165) is 24.6 Å². The molecule has 0 bridgehead atoms. The lowest BCUT2D eigenvalue weighted by atomic mass is 9.75. The number of nitrogens with zero attached hydrogens (tertiary/aromatic N) is 3. The van der Waals surface area contributed by atoms with Crippen LogP contribution in [0.15, 0.2) is 6.07 Å². The van der Waals surface area contributed by atoms with Crippen LogP contribution in [-0.2, 0) is 6.42 Å². The van der Waals surface area contributed by atoms with Crippen molar-refractivity contribution in [1.29, 1.82) is 0 Å². The van der Waals surface area contributed by atoms with Crippen LogP contribution in [0.25, 0.3) is 0 Å². The third-order valence-corrected chi connectivity index (χ3v) is 4.07. The van der Waals surface area contributed by atoms with E-state index >= 15 is 0 Å². The molecule has 1 aromatic rings. The Labute approximate surface area is 114 Å². The number of hydrogen-bond acceptors (Lipinski definition) is 6. The van der Waals surface area contributed by atoms with Gasteiger partial charge in [-0.3, -0.25) is 0 Å². The molecular weight excluding hydrogens is 240 g/mol. The Hall–Kier alpha value is -1.40. The minimum Gasteiger partial charge on any atom is -0.368 e. The molecule has 0 aliphatic heterocycles. The van der Waals surface area contributed by atoms with Crippen molar-refractivity contribution >= 4 is 11.6 Å². The van der Waals surface area contributed by atoms with Crippen LogP contribution in [-0.4, -0.2) is 41.0 Å². The zero-order valence-electron chi connectivity index (χ0n) is 12.0. The van der Waals surface area contributed by atoms with E-state index in [1.54, 1.807) is 0 Å². The number of aryl methyl sites for hydroxylation is 1. The highest BCUT2D eigenvalue weighted by Crippen LogP contribution is 2.36.